The molecule has 0 aliphatic carbocycles. The van der Waals surface area contributed by atoms with Crippen LogP contribution >= 0.6 is 0 Å². The first-order valence-corrected chi connectivity index (χ1v) is 5.83. The smallest absolute Gasteiger partial charge is 0.221 e. The number of hydrogen-bond acceptors (Lipinski definition) is 5. The van der Waals surface area contributed by atoms with E-state index in [0.29, 0.717) is 18.9 Å². The molecule has 0 bridgehead atoms. The Labute approximate surface area is 102 Å². The van der Waals surface area contributed by atoms with Crippen LogP contribution in [0.4, 0.5) is 5.82 Å². The van der Waals surface area contributed by atoms with Gasteiger partial charge in [0.2, 0.25) is 5.88 Å². The van der Waals surface area contributed by atoms with Crippen LogP contribution in [0.2, 0.25) is 0 Å². The molecule has 1 aromatic heterocycles. The first kappa shape index (κ1) is 13.7. The molecular formula is C12H21N3O2. The molecule has 0 aromatic carbocycles. The molecule has 96 valence electrons. The van der Waals surface area contributed by atoms with Crippen LogP contribution in [0, 0.1) is 6.92 Å². The van der Waals surface area contributed by atoms with E-state index in [4.69, 9.17) is 9.84 Å². The van der Waals surface area contributed by atoms with Crippen molar-refractivity contribution in [1.82, 2.24) is 9.97 Å². The summed E-state index contributed by atoms with van der Waals surface area (Å²) in [6, 6.07) is 0. The van der Waals surface area contributed by atoms with E-state index < -0.39 is 0 Å². The first-order chi connectivity index (χ1) is 8.00. The summed E-state index contributed by atoms with van der Waals surface area (Å²) < 4.78 is 5.41. The molecule has 0 saturated carbocycles. The highest BCUT2D eigenvalue weighted by Crippen LogP contribution is 2.24. The number of ether oxygens (including phenoxy) is 1. The van der Waals surface area contributed by atoms with Crippen molar-refractivity contribution in [3.8, 4) is 5.88 Å². The van der Waals surface area contributed by atoms with Gasteiger partial charge in [-0.15, -0.1) is 0 Å². The van der Waals surface area contributed by atoms with E-state index in [1.54, 1.807) is 0 Å². The summed E-state index contributed by atoms with van der Waals surface area (Å²) in [7, 11) is 0. The number of nitrogens with one attached hydrogen (secondary N) is 1. The zero-order valence-electron chi connectivity index (χ0n) is 10.9. The number of hydrogen-bond donors (Lipinski definition) is 2. The summed E-state index contributed by atoms with van der Waals surface area (Å²) >= 11 is 0. The fraction of sp³-hybridized carbons (Fsp3) is 0.667. The molecule has 0 spiro atoms. The Bertz CT molecular complexity index is 367. The molecule has 0 fully saturated rings. The molecule has 0 saturated heterocycles. The molecule has 5 heteroatoms. The Morgan fingerprint density at radius 2 is 2.12 bits per heavy atom. The minimum absolute atomic E-state index is 0.141. The van der Waals surface area contributed by atoms with Crippen molar-refractivity contribution in [2.24, 2.45) is 0 Å². The van der Waals surface area contributed by atoms with E-state index in [1.165, 1.54) is 6.33 Å². The SMILES string of the molecule is CCOc1ncnc(NC(C)(C)CCO)c1C. The summed E-state index contributed by atoms with van der Waals surface area (Å²) in [6.07, 6.45) is 2.13. The third kappa shape index (κ3) is 3.85. The zero-order valence-corrected chi connectivity index (χ0v) is 10.9. The monoisotopic (exact) mass is 239 g/mol. The highest BCUT2D eigenvalue weighted by molar-refractivity contribution is 5.49. The van der Waals surface area contributed by atoms with Crippen molar-refractivity contribution < 1.29 is 9.84 Å². The van der Waals surface area contributed by atoms with Gasteiger partial charge in [-0.1, -0.05) is 0 Å². The van der Waals surface area contributed by atoms with Gasteiger partial charge in [-0.2, -0.15) is 0 Å². The van der Waals surface area contributed by atoms with Crippen molar-refractivity contribution in [2.75, 3.05) is 18.5 Å². The summed E-state index contributed by atoms with van der Waals surface area (Å²) in [6.45, 7) is 8.60. The number of aliphatic hydroxyl groups is 1. The van der Waals surface area contributed by atoms with Gasteiger partial charge in [0.15, 0.2) is 0 Å². The molecule has 1 heterocycles. The fourth-order valence-electron chi connectivity index (χ4n) is 1.50. The van der Waals surface area contributed by atoms with Crippen LogP contribution in [0.25, 0.3) is 0 Å². The third-order valence-corrected chi connectivity index (χ3v) is 2.51. The molecule has 5 nitrogen and oxygen atoms in total. The Balaban J connectivity index is 2.87. The fourth-order valence-corrected chi connectivity index (χ4v) is 1.50. The van der Waals surface area contributed by atoms with E-state index >= 15 is 0 Å². The van der Waals surface area contributed by atoms with E-state index in [2.05, 4.69) is 15.3 Å². The molecule has 0 atom stereocenters. The second-order valence-corrected chi connectivity index (χ2v) is 4.57. The minimum Gasteiger partial charge on any atom is -0.478 e. The van der Waals surface area contributed by atoms with Crippen molar-refractivity contribution in [3.63, 3.8) is 0 Å². The van der Waals surface area contributed by atoms with Crippen molar-refractivity contribution in [2.45, 2.75) is 39.7 Å². The number of aromatic nitrogens is 2. The summed E-state index contributed by atoms with van der Waals surface area (Å²) in [4.78, 5) is 8.29. The number of nitrogens with zero attached hydrogens (tertiary/aromatic N) is 2. The van der Waals surface area contributed by atoms with Crippen LogP contribution in [0.15, 0.2) is 6.33 Å². The second kappa shape index (κ2) is 5.82. The van der Waals surface area contributed by atoms with Gasteiger partial charge >= 0.3 is 0 Å². The van der Waals surface area contributed by atoms with Crippen LogP contribution in [0.5, 0.6) is 5.88 Å². The van der Waals surface area contributed by atoms with Crippen molar-refractivity contribution in [1.29, 1.82) is 0 Å². The van der Waals surface area contributed by atoms with Gasteiger partial charge in [0, 0.05) is 12.1 Å². The first-order valence-electron chi connectivity index (χ1n) is 5.83. The number of anilines is 1. The van der Waals surface area contributed by atoms with Gasteiger partial charge in [-0.25, -0.2) is 9.97 Å². The van der Waals surface area contributed by atoms with Crippen LogP contribution in [0.1, 0.15) is 32.8 Å². The molecule has 0 amide bonds. The molecule has 1 rings (SSSR count). The van der Waals surface area contributed by atoms with E-state index in [1.807, 2.05) is 27.7 Å². The Morgan fingerprint density at radius 3 is 2.71 bits per heavy atom. The molecule has 17 heavy (non-hydrogen) atoms. The number of rotatable bonds is 6. The van der Waals surface area contributed by atoms with Crippen LogP contribution in [-0.2, 0) is 0 Å². The Kier molecular flexibility index (Phi) is 4.69. The van der Waals surface area contributed by atoms with E-state index in [-0.39, 0.29) is 12.1 Å². The minimum atomic E-state index is -0.211. The molecule has 0 radical (unpaired) electrons. The maximum atomic E-state index is 8.99. The maximum absolute atomic E-state index is 8.99. The molecule has 1 aromatic rings. The molecule has 2 N–H and O–H groups in total. The molecule has 0 aliphatic rings. The standard InChI is InChI=1S/C12H21N3O2/c1-5-17-11-9(2)10(13-8-14-11)15-12(3,4)6-7-16/h8,16H,5-7H2,1-4H3,(H,13,14,15). The lowest BCUT2D eigenvalue weighted by atomic mass is 10.0. The average Bonchev–Trinajstić information content (AvgIpc) is 2.24. The highest BCUT2D eigenvalue weighted by atomic mass is 16.5. The number of aliphatic hydroxyl groups excluding tert-OH is 1. The normalized spacial score (nSPS) is 11.4. The third-order valence-electron chi connectivity index (χ3n) is 2.51. The van der Waals surface area contributed by atoms with Gasteiger partial charge in [-0.3, -0.25) is 0 Å². The van der Waals surface area contributed by atoms with Crippen LogP contribution in [0.3, 0.4) is 0 Å². The Hall–Kier alpha value is -1.36. The average molecular weight is 239 g/mol. The maximum Gasteiger partial charge on any atom is 0.221 e. The summed E-state index contributed by atoms with van der Waals surface area (Å²) in [5, 5.41) is 12.3. The van der Waals surface area contributed by atoms with Gasteiger partial charge in [0.05, 0.1) is 12.2 Å². The largest absolute Gasteiger partial charge is 0.478 e. The van der Waals surface area contributed by atoms with Gasteiger partial charge < -0.3 is 15.2 Å². The lowest BCUT2D eigenvalue weighted by Crippen LogP contribution is -2.32. The molecule has 0 unspecified atom stereocenters. The van der Waals surface area contributed by atoms with E-state index in [9.17, 15) is 0 Å². The van der Waals surface area contributed by atoms with Gasteiger partial charge in [-0.05, 0) is 34.1 Å². The van der Waals surface area contributed by atoms with Gasteiger partial charge in [0.1, 0.15) is 12.1 Å². The highest BCUT2D eigenvalue weighted by Gasteiger charge is 2.19. The van der Waals surface area contributed by atoms with Crippen LogP contribution < -0.4 is 10.1 Å². The summed E-state index contributed by atoms with van der Waals surface area (Å²) in [5.74, 6) is 1.35. The van der Waals surface area contributed by atoms with Crippen molar-refractivity contribution >= 4 is 5.82 Å². The molecular weight excluding hydrogens is 218 g/mol. The quantitative estimate of drug-likeness (QED) is 0.791. The van der Waals surface area contributed by atoms with Crippen LogP contribution in [-0.4, -0.2) is 33.8 Å². The lowest BCUT2D eigenvalue weighted by molar-refractivity contribution is 0.260. The lowest BCUT2D eigenvalue weighted by Gasteiger charge is -2.27. The topological polar surface area (TPSA) is 67.3 Å². The van der Waals surface area contributed by atoms with Gasteiger partial charge in [0.25, 0.3) is 0 Å². The van der Waals surface area contributed by atoms with E-state index in [0.717, 1.165) is 11.4 Å². The second-order valence-electron chi connectivity index (χ2n) is 4.57. The zero-order chi connectivity index (χ0) is 12.9. The molecule has 0 aliphatic heterocycles. The van der Waals surface area contributed by atoms with Crippen molar-refractivity contribution in [3.05, 3.63) is 11.9 Å². The predicted molar refractivity (Wildman–Crippen MR) is 67.3 cm³/mol. The predicted octanol–water partition coefficient (Wildman–Crippen LogP) is 1.76. The Morgan fingerprint density at radius 1 is 1.41 bits per heavy atom. The summed E-state index contributed by atoms with van der Waals surface area (Å²) in [5.41, 5.74) is 0.678.